The maximum absolute atomic E-state index is 5.37. The van der Waals surface area contributed by atoms with Crippen LogP contribution in [0.15, 0.2) is 18.2 Å². The highest BCUT2D eigenvalue weighted by molar-refractivity contribution is 5.44. The van der Waals surface area contributed by atoms with E-state index in [1.807, 2.05) is 12.1 Å². The normalized spacial score (nSPS) is 9.92. The zero-order valence-corrected chi connectivity index (χ0v) is 7.89. The van der Waals surface area contributed by atoms with Gasteiger partial charge in [-0.05, 0) is 30.0 Å². The molecule has 0 bridgehead atoms. The molecule has 12 heavy (non-hydrogen) atoms. The van der Waals surface area contributed by atoms with Crippen molar-refractivity contribution in [2.75, 3.05) is 0 Å². The molecule has 0 saturated carbocycles. The van der Waals surface area contributed by atoms with Crippen LogP contribution in [0.5, 0.6) is 0 Å². The van der Waals surface area contributed by atoms with Crippen molar-refractivity contribution in [3.05, 3.63) is 34.9 Å². The van der Waals surface area contributed by atoms with Gasteiger partial charge in [-0.1, -0.05) is 31.9 Å². The van der Waals surface area contributed by atoms with Gasteiger partial charge in [0.25, 0.3) is 0 Å². The molecule has 0 heterocycles. The van der Waals surface area contributed by atoms with E-state index in [0.717, 1.165) is 5.56 Å². The first kappa shape index (κ1) is 8.87. The van der Waals surface area contributed by atoms with E-state index in [4.69, 9.17) is 6.42 Å². The molecule has 0 aliphatic rings. The Kier molecular flexibility index (Phi) is 2.55. The van der Waals surface area contributed by atoms with E-state index in [9.17, 15) is 0 Å². The zero-order valence-electron chi connectivity index (χ0n) is 7.89. The van der Waals surface area contributed by atoms with Gasteiger partial charge in [-0.15, -0.1) is 6.42 Å². The Balaban J connectivity index is 3.25. The third kappa shape index (κ3) is 1.51. The zero-order chi connectivity index (χ0) is 9.14. The van der Waals surface area contributed by atoms with E-state index in [-0.39, 0.29) is 0 Å². The summed E-state index contributed by atoms with van der Waals surface area (Å²) in [7, 11) is 0. The van der Waals surface area contributed by atoms with Crippen LogP contribution in [0.25, 0.3) is 0 Å². The van der Waals surface area contributed by atoms with Gasteiger partial charge in [-0.25, -0.2) is 0 Å². The molecule has 0 fully saturated rings. The van der Waals surface area contributed by atoms with E-state index < -0.39 is 0 Å². The molecule has 0 aliphatic heterocycles. The topological polar surface area (TPSA) is 0 Å². The van der Waals surface area contributed by atoms with Gasteiger partial charge >= 0.3 is 0 Å². The van der Waals surface area contributed by atoms with Crippen LogP contribution in [0.4, 0.5) is 0 Å². The molecule has 0 aromatic heterocycles. The molecule has 0 spiro atoms. The predicted molar refractivity (Wildman–Crippen MR) is 53.2 cm³/mol. The molecule has 1 aromatic carbocycles. The van der Waals surface area contributed by atoms with Gasteiger partial charge in [0.2, 0.25) is 0 Å². The van der Waals surface area contributed by atoms with Crippen LogP contribution in [0.2, 0.25) is 0 Å². The van der Waals surface area contributed by atoms with Gasteiger partial charge in [0, 0.05) is 5.56 Å². The van der Waals surface area contributed by atoms with Crippen molar-refractivity contribution in [3.8, 4) is 12.3 Å². The Morgan fingerprint density at radius 3 is 2.50 bits per heavy atom. The molecule has 0 radical (unpaired) electrons. The van der Waals surface area contributed by atoms with Crippen LogP contribution in [0, 0.1) is 19.3 Å². The molecule has 0 aliphatic carbocycles. The van der Waals surface area contributed by atoms with Crippen molar-refractivity contribution in [3.63, 3.8) is 0 Å². The van der Waals surface area contributed by atoms with Gasteiger partial charge in [0.05, 0.1) is 0 Å². The minimum Gasteiger partial charge on any atom is -0.115 e. The summed E-state index contributed by atoms with van der Waals surface area (Å²) in [6, 6.07) is 6.15. The van der Waals surface area contributed by atoms with Crippen LogP contribution in [0.3, 0.4) is 0 Å². The Hall–Kier alpha value is -1.22. The molecule has 0 heteroatoms. The van der Waals surface area contributed by atoms with Crippen molar-refractivity contribution in [2.24, 2.45) is 0 Å². The van der Waals surface area contributed by atoms with Gasteiger partial charge < -0.3 is 0 Å². The second-order valence-corrected chi connectivity index (χ2v) is 3.32. The van der Waals surface area contributed by atoms with Crippen molar-refractivity contribution < 1.29 is 0 Å². The third-order valence-corrected chi connectivity index (χ3v) is 2.15. The molecule has 1 aromatic rings. The van der Waals surface area contributed by atoms with Gasteiger partial charge in [-0.3, -0.25) is 0 Å². The highest BCUT2D eigenvalue weighted by Gasteiger charge is 2.04. The summed E-state index contributed by atoms with van der Waals surface area (Å²) in [5.41, 5.74) is 3.61. The minimum absolute atomic E-state index is 0.554. The molecule has 0 N–H and O–H groups in total. The fourth-order valence-electron chi connectivity index (χ4n) is 1.44. The third-order valence-electron chi connectivity index (χ3n) is 2.15. The average molecular weight is 158 g/mol. The number of terminal acetylenes is 1. The lowest BCUT2D eigenvalue weighted by atomic mass is 9.95. The van der Waals surface area contributed by atoms with Crippen LogP contribution >= 0.6 is 0 Å². The Labute approximate surface area is 74.6 Å². The van der Waals surface area contributed by atoms with E-state index >= 15 is 0 Å². The fraction of sp³-hybridized carbons (Fsp3) is 0.333. The summed E-state index contributed by atoms with van der Waals surface area (Å²) in [4.78, 5) is 0. The Morgan fingerprint density at radius 1 is 1.33 bits per heavy atom. The van der Waals surface area contributed by atoms with Crippen molar-refractivity contribution >= 4 is 0 Å². The molecular formula is C12H14. The lowest BCUT2D eigenvalue weighted by Gasteiger charge is -2.10. The van der Waals surface area contributed by atoms with Gasteiger partial charge in [-0.2, -0.15) is 0 Å². The summed E-state index contributed by atoms with van der Waals surface area (Å²) in [5.74, 6) is 3.24. The smallest absolute Gasteiger partial charge is 0.0274 e. The van der Waals surface area contributed by atoms with Gasteiger partial charge in [0.15, 0.2) is 0 Å². The van der Waals surface area contributed by atoms with Crippen LogP contribution in [-0.2, 0) is 0 Å². The van der Waals surface area contributed by atoms with Crippen molar-refractivity contribution in [1.29, 1.82) is 0 Å². The first-order chi connectivity index (χ1) is 5.66. The molecule has 0 amide bonds. The summed E-state index contributed by atoms with van der Waals surface area (Å²) in [6.07, 6.45) is 5.37. The molecule has 0 unspecified atom stereocenters. The van der Waals surface area contributed by atoms with Crippen LogP contribution in [-0.4, -0.2) is 0 Å². The summed E-state index contributed by atoms with van der Waals surface area (Å²) in [6.45, 7) is 6.45. The standard InChI is InChI=1S/C12H14/c1-5-11-7-6-8-12(9(2)3)10(11)4/h1,6-9H,2-4H3. The second kappa shape index (κ2) is 3.45. The molecule has 0 saturated heterocycles. The quantitative estimate of drug-likeness (QED) is 0.551. The maximum Gasteiger partial charge on any atom is 0.0274 e. The number of hydrogen-bond acceptors (Lipinski definition) is 0. The molecule has 0 nitrogen and oxygen atoms in total. The highest BCUT2D eigenvalue weighted by atomic mass is 14.1. The van der Waals surface area contributed by atoms with Crippen molar-refractivity contribution in [2.45, 2.75) is 26.7 Å². The van der Waals surface area contributed by atoms with Crippen LogP contribution < -0.4 is 0 Å². The maximum atomic E-state index is 5.37. The van der Waals surface area contributed by atoms with Crippen LogP contribution in [0.1, 0.15) is 36.5 Å². The molecular weight excluding hydrogens is 144 g/mol. The summed E-state index contributed by atoms with van der Waals surface area (Å²) >= 11 is 0. The average Bonchev–Trinajstić information content (AvgIpc) is 2.04. The number of benzene rings is 1. The largest absolute Gasteiger partial charge is 0.115 e. The number of rotatable bonds is 1. The van der Waals surface area contributed by atoms with E-state index in [2.05, 4.69) is 32.8 Å². The first-order valence-electron chi connectivity index (χ1n) is 4.23. The molecule has 1 rings (SSSR count). The Bertz CT molecular complexity index is 313. The van der Waals surface area contributed by atoms with E-state index in [1.165, 1.54) is 11.1 Å². The minimum atomic E-state index is 0.554. The summed E-state index contributed by atoms with van der Waals surface area (Å²) < 4.78 is 0. The van der Waals surface area contributed by atoms with E-state index in [0.29, 0.717) is 5.92 Å². The molecule has 0 atom stereocenters. The SMILES string of the molecule is C#Cc1cccc(C(C)C)c1C. The summed E-state index contributed by atoms with van der Waals surface area (Å²) in [5, 5.41) is 0. The lowest BCUT2D eigenvalue weighted by molar-refractivity contribution is 0.856. The van der Waals surface area contributed by atoms with Crippen molar-refractivity contribution in [1.82, 2.24) is 0 Å². The molecule has 62 valence electrons. The number of hydrogen-bond donors (Lipinski definition) is 0. The Morgan fingerprint density at radius 2 is 2.00 bits per heavy atom. The fourth-order valence-corrected chi connectivity index (χ4v) is 1.44. The predicted octanol–water partition coefficient (Wildman–Crippen LogP) is 3.10. The monoisotopic (exact) mass is 158 g/mol. The van der Waals surface area contributed by atoms with Gasteiger partial charge in [0.1, 0.15) is 0 Å². The lowest BCUT2D eigenvalue weighted by Crippen LogP contribution is -1.94. The first-order valence-corrected chi connectivity index (χ1v) is 4.23. The van der Waals surface area contributed by atoms with E-state index in [1.54, 1.807) is 0 Å². The second-order valence-electron chi connectivity index (χ2n) is 3.32. The highest BCUT2D eigenvalue weighted by Crippen LogP contribution is 2.20.